The predicted octanol–water partition coefficient (Wildman–Crippen LogP) is 2.69. The summed E-state index contributed by atoms with van der Waals surface area (Å²) >= 11 is 5.70. The van der Waals surface area contributed by atoms with E-state index in [4.69, 9.17) is 11.6 Å². The molecule has 1 N–H and O–H groups in total. The van der Waals surface area contributed by atoms with Gasteiger partial charge in [0, 0.05) is 12.6 Å². The van der Waals surface area contributed by atoms with E-state index in [0.717, 1.165) is 10.6 Å². The maximum atomic E-state index is 13.7. The third-order valence-corrected chi connectivity index (χ3v) is 4.59. The summed E-state index contributed by atoms with van der Waals surface area (Å²) in [7, 11) is 0. The lowest BCUT2D eigenvalue weighted by molar-refractivity contribution is 0.111. The first-order chi connectivity index (χ1) is 12.2. The molecule has 1 atom stereocenters. The molecule has 26 heavy (non-hydrogen) atoms. The van der Waals surface area contributed by atoms with Gasteiger partial charge in [0.2, 0.25) is 0 Å². The second-order valence-corrected chi connectivity index (χ2v) is 6.46. The first kappa shape index (κ1) is 16.8. The number of pyridine rings is 2. The van der Waals surface area contributed by atoms with Crippen LogP contribution in [0.2, 0.25) is 5.15 Å². The average Bonchev–Trinajstić information content (AvgIpc) is 3.19. The second-order valence-electron chi connectivity index (χ2n) is 6.11. The second kappa shape index (κ2) is 5.41. The van der Waals surface area contributed by atoms with E-state index in [9.17, 15) is 22.8 Å². The van der Waals surface area contributed by atoms with E-state index in [1.807, 2.05) is 4.98 Å². The summed E-state index contributed by atoms with van der Waals surface area (Å²) in [4.78, 5) is 34.3. The number of nitrogens with one attached hydrogen (secondary N) is 1. The van der Waals surface area contributed by atoms with E-state index in [1.165, 1.54) is 12.3 Å². The van der Waals surface area contributed by atoms with Crippen molar-refractivity contribution in [2.24, 2.45) is 0 Å². The highest BCUT2D eigenvalue weighted by atomic mass is 35.5. The molecule has 0 aliphatic heterocycles. The van der Waals surface area contributed by atoms with Crippen LogP contribution in [0.15, 0.2) is 27.9 Å². The smallest absolute Gasteiger partial charge is 0.273 e. The van der Waals surface area contributed by atoms with E-state index >= 15 is 0 Å². The van der Waals surface area contributed by atoms with Gasteiger partial charge in [0.1, 0.15) is 0 Å². The minimum atomic E-state index is -2.92. The van der Waals surface area contributed by atoms with E-state index in [2.05, 4.69) is 9.97 Å². The van der Waals surface area contributed by atoms with Crippen molar-refractivity contribution in [3.63, 3.8) is 0 Å². The number of aromatic amines is 1. The average molecular weight is 383 g/mol. The van der Waals surface area contributed by atoms with Crippen molar-refractivity contribution < 1.29 is 13.2 Å². The first-order valence-electron chi connectivity index (χ1n) is 7.55. The van der Waals surface area contributed by atoms with Crippen molar-refractivity contribution in [3.05, 3.63) is 61.4 Å². The summed E-state index contributed by atoms with van der Waals surface area (Å²) in [6, 6.07) is 2.38. The van der Waals surface area contributed by atoms with Crippen molar-refractivity contribution in [2.75, 3.05) is 0 Å². The Morgan fingerprint density at radius 1 is 1.38 bits per heavy atom. The zero-order valence-corrected chi connectivity index (χ0v) is 13.9. The summed E-state index contributed by atoms with van der Waals surface area (Å²) < 4.78 is 41.9. The maximum absolute atomic E-state index is 13.7. The Kier molecular flexibility index (Phi) is 3.49. The number of rotatable bonds is 2. The minimum absolute atomic E-state index is 0.00713. The van der Waals surface area contributed by atoms with Gasteiger partial charge in [-0.3, -0.25) is 14.8 Å². The van der Waals surface area contributed by atoms with Crippen molar-refractivity contribution in [3.8, 4) is 5.69 Å². The molecule has 3 aromatic heterocycles. The molecule has 0 bridgehead atoms. The molecule has 134 valence electrons. The molecule has 1 unspecified atom stereocenters. The van der Waals surface area contributed by atoms with Crippen LogP contribution in [0, 0.1) is 12.7 Å². The first-order valence-corrected chi connectivity index (χ1v) is 7.93. The summed E-state index contributed by atoms with van der Waals surface area (Å²) in [6.07, 6.45) is 0.969. The van der Waals surface area contributed by atoms with Crippen LogP contribution in [0.5, 0.6) is 0 Å². The largest absolute Gasteiger partial charge is 0.334 e. The zero-order valence-electron chi connectivity index (χ0n) is 13.2. The fourth-order valence-electron chi connectivity index (χ4n) is 2.95. The lowest BCUT2D eigenvalue weighted by atomic mass is 10.1. The maximum Gasteiger partial charge on any atom is 0.334 e. The molecule has 3 heterocycles. The fraction of sp³-hybridized carbons (Fsp3) is 0.250. The SMILES string of the molecule is Cc1ccnc(C2CC2(F)F)c1-n1c(=O)[nH]c(=O)c2cc(F)c(Cl)nc21. The monoisotopic (exact) mass is 382 g/mol. The molecule has 0 radical (unpaired) electrons. The number of H-pyrrole nitrogens is 1. The molecule has 0 saturated heterocycles. The third-order valence-electron chi connectivity index (χ3n) is 4.33. The molecule has 4 rings (SSSR count). The predicted molar refractivity (Wildman–Crippen MR) is 87.8 cm³/mol. The van der Waals surface area contributed by atoms with Crippen molar-refractivity contribution in [1.82, 2.24) is 19.5 Å². The molecule has 0 spiro atoms. The van der Waals surface area contributed by atoms with Gasteiger partial charge in [-0.05, 0) is 24.6 Å². The lowest BCUT2D eigenvalue weighted by Gasteiger charge is -2.15. The van der Waals surface area contributed by atoms with Gasteiger partial charge in [-0.25, -0.2) is 27.5 Å². The number of alkyl halides is 2. The molecule has 1 saturated carbocycles. The van der Waals surface area contributed by atoms with Crippen LogP contribution in [0.4, 0.5) is 13.2 Å². The highest BCUT2D eigenvalue weighted by molar-refractivity contribution is 6.29. The Bertz CT molecular complexity index is 1190. The fourth-order valence-corrected chi connectivity index (χ4v) is 3.08. The van der Waals surface area contributed by atoms with Gasteiger partial charge < -0.3 is 0 Å². The molecule has 0 amide bonds. The van der Waals surface area contributed by atoms with E-state index < -0.39 is 40.5 Å². The van der Waals surface area contributed by atoms with Crippen LogP contribution in [0.3, 0.4) is 0 Å². The Labute approximate surface area is 148 Å². The lowest BCUT2D eigenvalue weighted by Crippen LogP contribution is -2.31. The van der Waals surface area contributed by atoms with Crippen LogP contribution in [-0.2, 0) is 0 Å². The number of hydrogen-bond donors (Lipinski definition) is 1. The highest BCUT2D eigenvalue weighted by Gasteiger charge is 2.59. The molecular weight excluding hydrogens is 373 g/mol. The van der Waals surface area contributed by atoms with Gasteiger partial charge in [0.15, 0.2) is 16.6 Å². The Morgan fingerprint density at radius 3 is 2.73 bits per heavy atom. The molecule has 1 aliphatic rings. The summed E-state index contributed by atoms with van der Waals surface area (Å²) in [6.45, 7) is 1.61. The Morgan fingerprint density at radius 2 is 2.08 bits per heavy atom. The molecule has 6 nitrogen and oxygen atoms in total. The normalized spacial score (nSPS) is 18.3. The highest BCUT2D eigenvalue weighted by Crippen LogP contribution is 2.56. The number of aromatic nitrogens is 4. The van der Waals surface area contributed by atoms with E-state index in [-0.39, 0.29) is 22.4 Å². The van der Waals surface area contributed by atoms with Crippen molar-refractivity contribution >= 4 is 22.6 Å². The van der Waals surface area contributed by atoms with E-state index in [1.54, 1.807) is 6.92 Å². The molecule has 3 aromatic rings. The number of fused-ring (bicyclic) bond motifs is 1. The summed E-state index contributed by atoms with van der Waals surface area (Å²) in [5, 5.41) is -0.778. The number of hydrogen-bond acceptors (Lipinski definition) is 4. The van der Waals surface area contributed by atoms with Gasteiger partial charge in [-0.1, -0.05) is 11.6 Å². The Hall–Kier alpha value is -2.68. The van der Waals surface area contributed by atoms with Gasteiger partial charge >= 0.3 is 5.69 Å². The standard InChI is InChI=1S/C16H10ClF3N4O2/c1-6-2-3-21-10(8-5-16(8,19)20)11(6)24-13-7(14(25)23-15(24)26)4-9(18)12(17)22-13/h2-4,8H,5H2,1H3,(H,23,25,26). The van der Waals surface area contributed by atoms with Gasteiger partial charge in [0.05, 0.1) is 22.7 Å². The third kappa shape index (κ3) is 2.42. The van der Waals surface area contributed by atoms with Gasteiger partial charge in [-0.2, -0.15) is 0 Å². The van der Waals surface area contributed by atoms with Gasteiger partial charge in [-0.15, -0.1) is 0 Å². The molecular formula is C16H10ClF3N4O2. The van der Waals surface area contributed by atoms with Crippen LogP contribution in [0.1, 0.15) is 23.6 Å². The van der Waals surface area contributed by atoms with Crippen LogP contribution < -0.4 is 11.2 Å². The summed E-state index contributed by atoms with van der Waals surface area (Å²) in [5.41, 5.74) is -1.44. The summed E-state index contributed by atoms with van der Waals surface area (Å²) in [5.74, 6) is -5.01. The zero-order chi connectivity index (χ0) is 18.8. The van der Waals surface area contributed by atoms with Crippen molar-refractivity contribution in [2.45, 2.75) is 25.2 Å². The Balaban J connectivity index is 2.13. The quantitative estimate of drug-likeness (QED) is 0.691. The topological polar surface area (TPSA) is 80.6 Å². The molecule has 1 fully saturated rings. The number of halogens is 4. The minimum Gasteiger partial charge on any atom is -0.273 e. The van der Waals surface area contributed by atoms with Crippen LogP contribution in [-0.4, -0.2) is 25.4 Å². The molecule has 1 aliphatic carbocycles. The van der Waals surface area contributed by atoms with Crippen LogP contribution >= 0.6 is 11.6 Å². The van der Waals surface area contributed by atoms with Crippen LogP contribution in [0.25, 0.3) is 16.7 Å². The molecule has 10 heteroatoms. The van der Waals surface area contributed by atoms with Gasteiger partial charge in [0.25, 0.3) is 11.5 Å². The molecule has 0 aromatic carbocycles. The number of nitrogens with zero attached hydrogens (tertiary/aromatic N) is 3. The van der Waals surface area contributed by atoms with E-state index in [0.29, 0.717) is 5.56 Å². The number of aryl methyl sites for hydroxylation is 1. The van der Waals surface area contributed by atoms with Crippen molar-refractivity contribution in [1.29, 1.82) is 0 Å².